The van der Waals surface area contributed by atoms with Crippen molar-refractivity contribution in [1.29, 1.82) is 0 Å². The minimum absolute atomic E-state index is 0.138. The maximum atomic E-state index is 8.75. The van der Waals surface area contributed by atoms with Crippen molar-refractivity contribution in [2.24, 2.45) is 0 Å². The SMILES string of the molecule is Cc1occc1CNC(C)CO. The van der Waals surface area contributed by atoms with Gasteiger partial charge in [-0.15, -0.1) is 0 Å². The van der Waals surface area contributed by atoms with Gasteiger partial charge in [0.25, 0.3) is 0 Å². The van der Waals surface area contributed by atoms with Gasteiger partial charge in [0, 0.05) is 18.2 Å². The molecule has 0 amide bonds. The van der Waals surface area contributed by atoms with E-state index in [1.165, 1.54) is 0 Å². The topological polar surface area (TPSA) is 45.4 Å². The van der Waals surface area contributed by atoms with E-state index in [1.54, 1.807) is 6.26 Å². The third-order valence-electron chi connectivity index (χ3n) is 1.88. The Labute approximate surface area is 72.4 Å². The molecule has 0 bridgehead atoms. The highest BCUT2D eigenvalue weighted by Crippen LogP contribution is 2.07. The number of hydrogen-bond acceptors (Lipinski definition) is 3. The monoisotopic (exact) mass is 169 g/mol. The summed E-state index contributed by atoms with van der Waals surface area (Å²) in [6.07, 6.45) is 1.68. The third kappa shape index (κ3) is 2.36. The van der Waals surface area contributed by atoms with Crippen LogP contribution in [0, 0.1) is 6.92 Å². The molecule has 12 heavy (non-hydrogen) atoms. The Balaban J connectivity index is 2.38. The zero-order chi connectivity index (χ0) is 8.97. The lowest BCUT2D eigenvalue weighted by molar-refractivity contribution is 0.251. The van der Waals surface area contributed by atoms with Gasteiger partial charge in [0.1, 0.15) is 5.76 Å². The molecule has 2 N–H and O–H groups in total. The summed E-state index contributed by atoms with van der Waals surface area (Å²) in [6, 6.07) is 2.08. The van der Waals surface area contributed by atoms with Crippen LogP contribution in [0.5, 0.6) is 0 Å². The fourth-order valence-corrected chi connectivity index (χ4v) is 0.943. The number of rotatable bonds is 4. The molecule has 1 aromatic rings. The normalized spacial score (nSPS) is 13.2. The first-order valence-corrected chi connectivity index (χ1v) is 4.11. The smallest absolute Gasteiger partial charge is 0.105 e. The van der Waals surface area contributed by atoms with Gasteiger partial charge in [-0.1, -0.05) is 0 Å². The van der Waals surface area contributed by atoms with Crippen LogP contribution in [0.2, 0.25) is 0 Å². The van der Waals surface area contributed by atoms with Crippen LogP contribution in [0.15, 0.2) is 16.7 Å². The number of aryl methyl sites for hydroxylation is 1. The van der Waals surface area contributed by atoms with Crippen LogP contribution in [-0.2, 0) is 6.54 Å². The standard InChI is InChI=1S/C9H15NO2/c1-7(6-11)10-5-9-3-4-12-8(9)2/h3-4,7,10-11H,5-6H2,1-2H3. The molecule has 0 aliphatic heterocycles. The van der Waals surface area contributed by atoms with E-state index in [4.69, 9.17) is 9.52 Å². The Morgan fingerprint density at radius 2 is 2.42 bits per heavy atom. The van der Waals surface area contributed by atoms with E-state index >= 15 is 0 Å². The Morgan fingerprint density at radius 3 is 2.92 bits per heavy atom. The maximum absolute atomic E-state index is 8.75. The summed E-state index contributed by atoms with van der Waals surface area (Å²) in [7, 11) is 0. The van der Waals surface area contributed by atoms with Crippen molar-refractivity contribution in [2.75, 3.05) is 6.61 Å². The molecular weight excluding hydrogens is 154 g/mol. The quantitative estimate of drug-likeness (QED) is 0.708. The minimum Gasteiger partial charge on any atom is -0.469 e. The van der Waals surface area contributed by atoms with Crippen LogP contribution in [0.25, 0.3) is 0 Å². The molecule has 0 saturated heterocycles. The van der Waals surface area contributed by atoms with Crippen LogP contribution >= 0.6 is 0 Å². The molecule has 0 aliphatic rings. The highest BCUT2D eigenvalue weighted by molar-refractivity contribution is 5.14. The summed E-state index contributed by atoms with van der Waals surface area (Å²) in [5.41, 5.74) is 1.15. The average Bonchev–Trinajstić information content (AvgIpc) is 2.47. The highest BCUT2D eigenvalue weighted by Gasteiger charge is 2.02. The second-order valence-corrected chi connectivity index (χ2v) is 2.97. The molecule has 68 valence electrons. The maximum Gasteiger partial charge on any atom is 0.105 e. The van der Waals surface area contributed by atoms with Gasteiger partial charge >= 0.3 is 0 Å². The van der Waals surface area contributed by atoms with Gasteiger partial charge in [-0.25, -0.2) is 0 Å². The minimum atomic E-state index is 0.138. The van der Waals surface area contributed by atoms with Gasteiger partial charge in [0.15, 0.2) is 0 Å². The lowest BCUT2D eigenvalue weighted by atomic mass is 10.2. The van der Waals surface area contributed by atoms with E-state index in [1.807, 2.05) is 19.9 Å². The first-order chi connectivity index (χ1) is 5.74. The Kier molecular flexibility index (Phi) is 3.31. The van der Waals surface area contributed by atoms with Crippen LogP contribution in [-0.4, -0.2) is 17.8 Å². The number of hydrogen-bond donors (Lipinski definition) is 2. The van der Waals surface area contributed by atoms with Gasteiger partial charge in [0.05, 0.1) is 12.9 Å². The molecule has 1 aromatic heterocycles. The third-order valence-corrected chi connectivity index (χ3v) is 1.88. The number of furan rings is 1. The van der Waals surface area contributed by atoms with E-state index in [0.717, 1.165) is 17.9 Å². The van der Waals surface area contributed by atoms with Crippen molar-refractivity contribution >= 4 is 0 Å². The fourth-order valence-electron chi connectivity index (χ4n) is 0.943. The summed E-state index contributed by atoms with van der Waals surface area (Å²) in [4.78, 5) is 0. The molecule has 3 nitrogen and oxygen atoms in total. The average molecular weight is 169 g/mol. The first kappa shape index (κ1) is 9.29. The Hall–Kier alpha value is -0.800. The molecule has 0 fully saturated rings. The molecule has 0 saturated carbocycles. The molecule has 1 atom stereocenters. The van der Waals surface area contributed by atoms with E-state index in [0.29, 0.717) is 0 Å². The summed E-state index contributed by atoms with van der Waals surface area (Å²) < 4.78 is 5.13. The van der Waals surface area contributed by atoms with Crippen molar-refractivity contribution in [3.05, 3.63) is 23.7 Å². The number of aliphatic hydroxyl groups excluding tert-OH is 1. The van der Waals surface area contributed by atoms with E-state index in [-0.39, 0.29) is 12.6 Å². The van der Waals surface area contributed by atoms with Crippen LogP contribution < -0.4 is 5.32 Å². The summed E-state index contributed by atoms with van der Waals surface area (Å²) >= 11 is 0. The van der Waals surface area contributed by atoms with Gasteiger partial charge in [-0.05, 0) is 19.9 Å². The second kappa shape index (κ2) is 4.28. The highest BCUT2D eigenvalue weighted by atomic mass is 16.3. The van der Waals surface area contributed by atoms with E-state index in [2.05, 4.69) is 5.32 Å². The Morgan fingerprint density at radius 1 is 1.67 bits per heavy atom. The molecule has 1 rings (SSSR count). The molecule has 0 aromatic carbocycles. The molecule has 0 spiro atoms. The van der Waals surface area contributed by atoms with Gasteiger partial charge in [0.2, 0.25) is 0 Å². The van der Waals surface area contributed by atoms with Gasteiger partial charge < -0.3 is 14.8 Å². The molecule has 1 heterocycles. The Bertz CT molecular complexity index is 232. The van der Waals surface area contributed by atoms with Crippen molar-refractivity contribution < 1.29 is 9.52 Å². The predicted octanol–water partition coefficient (Wildman–Crippen LogP) is 1.06. The second-order valence-electron chi connectivity index (χ2n) is 2.97. The van der Waals surface area contributed by atoms with Crippen LogP contribution in [0.3, 0.4) is 0 Å². The van der Waals surface area contributed by atoms with Crippen LogP contribution in [0.1, 0.15) is 18.2 Å². The lowest BCUT2D eigenvalue weighted by Crippen LogP contribution is -2.28. The molecular formula is C9H15NO2. The summed E-state index contributed by atoms with van der Waals surface area (Å²) in [5, 5.41) is 11.9. The molecule has 0 aliphatic carbocycles. The fraction of sp³-hybridized carbons (Fsp3) is 0.556. The van der Waals surface area contributed by atoms with Crippen molar-refractivity contribution in [3.63, 3.8) is 0 Å². The van der Waals surface area contributed by atoms with E-state index in [9.17, 15) is 0 Å². The van der Waals surface area contributed by atoms with Crippen LogP contribution in [0.4, 0.5) is 0 Å². The number of nitrogens with one attached hydrogen (secondary N) is 1. The van der Waals surface area contributed by atoms with Crippen molar-refractivity contribution in [2.45, 2.75) is 26.4 Å². The van der Waals surface area contributed by atoms with Gasteiger partial charge in [-0.2, -0.15) is 0 Å². The largest absolute Gasteiger partial charge is 0.469 e. The van der Waals surface area contributed by atoms with Crippen molar-refractivity contribution in [3.8, 4) is 0 Å². The zero-order valence-electron chi connectivity index (χ0n) is 7.50. The number of aliphatic hydroxyl groups is 1. The van der Waals surface area contributed by atoms with Crippen molar-refractivity contribution in [1.82, 2.24) is 5.32 Å². The molecule has 1 unspecified atom stereocenters. The van der Waals surface area contributed by atoms with Gasteiger partial charge in [-0.3, -0.25) is 0 Å². The zero-order valence-corrected chi connectivity index (χ0v) is 7.50. The van der Waals surface area contributed by atoms with E-state index < -0.39 is 0 Å². The predicted molar refractivity (Wildman–Crippen MR) is 46.8 cm³/mol. The molecule has 3 heteroatoms. The summed E-state index contributed by atoms with van der Waals surface area (Å²) in [5.74, 6) is 0.938. The summed E-state index contributed by atoms with van der Waals surface area (Å²) in [6.45, 7) is 4.79. The lowest BCUT2D eigenvalue weighted by Gasteiger charge is -2.09. The molecule has 0 radical (unpaired) electrons. The first-order valence-electron chi connectivity index (χ1n) is 4.11.